The Bertz CT molecular complexity index is 1200. The number of urea groups is 1. The second kappa shape index (κ2) is 10.2. The van der Waals surface area contributed by atoms with E-state index in [1.165, 1.54) is 5.56 Å². The van der Waals surface area contributed by atoms with Crippen molar-refractivity contribution in [1.82, 2.24) is 14.8 Å². The van der Waals surface area contributed by atoms with E-state index in [-0.39, 0.29) is 11.8 Å². The third-order valence-electron chi connectivity index (χ3n) is 8.09. The summed E-state index contributed by atoms with van der Waals surface area (Å²) in [7, 11) is 1.73. The smallest absolute Gasteiger partial charge is 0.408 e. The fourth-order valence-corrected chi connectivity index (χ4v) is 5.65. The molecule has 0 atom stereocenters. The summed E-state index contributed by atoms with van der Waals surface area (Å²) in [6.45, 7) is 4.43. The number of piperidine rings is 2. The number of amides is 2. The Morgan fingerprint density at radius 1 is 0.971 bits per heavy atom. The summed E-state index contributed by atoms with van der Waals surface area (Å²) in [4.78, 5) is 28.8. The van der Waals surface area contributed by atoms with E-state index in [1.54, 1.807) is 11.6 Å². The number of fused-ring (bicyclic) bond motifs is 1. The lowest BCUT2D eigenvalue weighted by Gasteiger charge is -2.47. The van der Waals surface area contributed by atoms with Gasteiger partial charge in [-0.25, -0.2) is 9.59 Å². The number of rotatable bonds is 6. The molecule has 5 rings (SSSR count). The summed E-state index contributed by atoms with van der Waals surface area (Å²) in [5.74, 6) is -0.322. The van der Waals surface area contributed by atoms with E-state index in [9.17, 15) is 9.59 Å². The van der Waals surface area contributed by atoms with Gasteiger partial charge in [-0.3, -0.25) is 4.57 Å². The molecule has 1 aromatic heterocycles. The van der Waals surface area contributed by atoms with E-state index >= 15 is 0 Å². The maximum absolute atomic E-state index is 12.6. The zero-order valence-corrected chi connectivity index (χ0v) is 20.7. The van der Waals surface area contributed by atoms with Crippen LogP contribution >= 0.6 is 0 Å². The molecule has 0 saturated carbocycles. The molecule has 0 aliphatic carbocycles. The number of carbonyl (C=O) groups excluding carboxylic acids is 1. The van der Waals surface area contributed by atoms with Gasteiger partial charge in [0.2, 0.25) is 0 Å². The Kier molecular flexibility index (Phi) is 6.84. The summed E-state index contributed by atoms with van der Waals surface area (Å²) in [5, 5.41) is 3.12. The van der Waals surface area contributed by atoms with Crippen molar-refractivity contribution in [2.45, 2.75) is 44.9 Å². The van der Waals surface area contributed by atoms with Crippen molar-refractivity contribution in [1.29, 1.82) is 0 Å². The van der Waals surface area contributed by atoms with Crippen LogP contribution in [0.5, 0.6) is 0 Å². The number of carbonyl (C=O) groups is 1. The molecule has 2 aliphatic heterocycles. The number of nitrogens with one attached hydrogen (secondary N) is 1. The average molecular weight is 477 g/mol. The average Bonchev–Trinajstić information content (AvgIpc) is 3.18. The molecular formula is C28H36N4O3. The van der Waals surface area contributed by atoms with Crippen LogP contribution in [-0.4, -0.2) is 48.2 Å². The molecule has 186 valence electrons. The van der Waals surface area contributed by atoms with Crippen LogP contribution in [0.25, 0.3) is 11.1 Å². The predicted molar refractivity (Wildman–Crippen MR) is 139 cm³/mol. The Hall–Kier alpha value is -3.22. The van der Waals surface area contributed by atoms with Crippen molar-refractivity contribution >= 4 is 22.8 Å². The first-order valence-corrected chi connectivity index (χ1v) is 12.9. The first-order valence-electron chi connectivity index (χ1n) is 12.9. The first kappa shape index (κ1) is 23.5. The minimum absolute atomic E-state index is 0.0923. The van der Waals surface area contributed by atoms with Crippen LogP contribution in [-0.2, 0) is 13.5 Å². The van der Waals surface area contributed by atoms with Gasteiger partial charge in [-0.1, -0.05) is 30.3 Å². The summed E-state index contributed by atoms with van der Waals surface area (Å²) in [6.07, 6.45) is 7.59. The van der Waals surface area contributed by atoms with Crippen LogP contribution in [0.3, 0.4) is 0 Å². The van der Waals surface area contributed by atoms with Gasteiger partial charge in [-0.2, -0.15) is 0 Å². The van der Waals surface area contributed by atoms with E-state index in [0.29, 0.717) is 11.0 Å². The summed E-state index contributed by atoms with van der Waals surface area (Å²) in [6, 6.07) is 16.7. The highest BCUT2D eigenvalue weighted by molar-refractivity contribution is 5.78. The summed E-state index contributed by atoms with van der Waals surface area (Å²) in [5.41, 5.74) is 4.29. The Morgan fingerprint density at radius 3 is 2.43 bits per heavy atom. The zero-order chi connectivity index (χ0) is 24.3. The molecule has 1 spiro atoms. The van der Waals surface area contributed by atoms with E-state index in [2.05, 4.69) is 40.5 Å². The van der Waals surface area contributed by atoms with Gasteiger partial charge in [0.15, 0.2) is 5.58 Å². The molecule has 3 aromatic rings. The standard InChI is InChI=1S/C28H36N4O3/c1-30-24-11-10-23(21-25(24)35-27(30)34)31-17-12-28(13-18-31)14-19-32(20-15-28)26(33)29-16-6-5-9-22-7-3-2-4-8-22/h2-4,7-8,10-11,21H,5-6,9,12-20H2,1H3,(H,29,33). The lowest BCUT2D eigenvalue weighted by Crippen LogP contribution is -2.50. The van der Waals surface area contributed by atoms with Gasteiger partial charge in [0.25, 0.3) is 0 Å². The summed E-state index contributed by atoms with van der Waals surface area (Å²) < 4.78 is 6.91. The van der Waals surface area contributed by atoms with Crippen molar-refractivity contribution in [3.05, 3.63) is 64.6 Å². The Balaban J connectivity index is 1.05. The second-order valence-corrected chi connectivity index (χ2v) is 10.2. The second-order valence-electron chi connectivity index (χ2n) is 10.2. The van der Waals surface area contributed by atoms with E-state index in [1.807, 2.05) is 23.1 Å². The lowest BCUT2D eigenvalue weighted by molar-refractivity contribution is 0.0935. The van der Waals surface area contributed by atoms with Crippen LogP contribution in [0.15, 0.2) is 57.7 Å². The number of nitrogens with zero attached hydrogens (tertiary/aromatic N) is 3. The highest BCUT2D eigenvalue weighted by Gasteiger charge is 2.38. The SMILES string of the molecule is Cn1c(=O)oc2cc(N3CCC4(CCN(C(=O)NCCCCc5ccccc5)CC4)CC3)ccc21. The van der Waals surface area contributed by atoms with Gasteiger partial charge in [0, 0.05) is 51.5 Å². The number of hydrogen-bond acceptors (Lipinski definition) is 4. The molecule has 0 radical (unpaired) electrons. The van der Waals surface area contributed by atoms with Crippen LogP contribution in [0, 0.1) is 5.41 Å². The largest absolute Gasteiger partial charge is 0.419 e. The fourth-order valence-electron chi connectivity index (χ4n) is 5.65. The molecule has 2 aromatic carbocycles. The maximum atomic E-state index is 12.6. The third kappa shape index (κ3) is 5.24. The number of likely N-dealkylation sites (tertiary alicyclic amines) is 1. The van der Waals surface area contributed by atoms with Gasteiger partial charge in [0.1, 0.15) is 0 Å². The molecule has 2 aliphatic rings. The van der Waals surface area contributed by atoms with Crippen molar-refractivity contribution < 1.29 is 9.21 Å². The first-order chi connectivity index (χ1) is 17.0. The minimum Gasteiger partial charge on any atom is -0.408 e. The molecule has 2 amide bonds. The van der Waals surface area contributed by atoms with Crippen molar-refractivity contribution in [2.75, 3.05) is 37.6 Å². The molecular weight excluding hydrogens is 440 g/mol. The number of anilines is 1. The quantitative estimate of drug-likeness (QED) is 0.530. The molecule has 0 bridgehead atoms. The Morgan fingerprint density at radius 2 is 1.69 bits per heavy atom. The Labute approximate surface area is 206 Å². The maximum Gasteiger partial charge on any atom is 0.419 e. The lowest BCUT2D eigenvalue weighted by atomic mass is 9.71. The fraction of sp³-hybridized carbons (Fsp3) is 0.500. The van der Waals surface area contributed by atoms with E-state index in [0.717, 1.165) is 88.9 Å². The van der Waals surface area contributed by atoms with Crippen molar-refractivity contribution in [2.24, 2.45) is 12.5 Å². The number of unbranched alkanes of at least 4 members (excludes halogenated alkanes) is 1. The van der Waals surface area contributed by atoms with Crippen molar-refractivity contribution in [3.63, 3.8) is 0 Å². The van der Waals surface area contributed by atoms with Gasteiger partial charge < -0.3 is 19.5 Å². The predicted octanol–water partition coefficient (Wildman–Crippen LogP) is 4.55. The number of hydrogen-bond donors (Lipinski definition) is 1. The highest BCUT2D eigenvalue weighted by atomic mass is 16.4. The van der Waals surface area contributed by atoms with Gasteiger partial charge in [-0.05, 0) is 68.1 Å². The number of aromatic nitrogens is 1. The van der Waals surface area contributed by atoms with Crippen LogP contribution in [0.2, 0.25) is 0 Å². The van der Waals surface area contributed by atoms with E-state index in [4.69, 9.17) is 4.42 Å². The monoisotopic (exact) mass is 476 g/mol. The topological polar surface area (TPSA) is 70.7 Å². The molecule has 1 N–H and O–H groups in total. The molecule has 35 heavy (non-hydrogen) atoms. The molecule has 7 heteroatoms. The van der Waals surface area contributed by atoms with Gasteiger partial charge >= 0.3 is 11.8 Å². The number of aryl methyl sites for hydroxylation is 2. The normalized spacial score (nSPS) is 17.7. The highest BCUT2D eigenvalue weighted by Crippen LogP contribution is 2.42. The number of oxazole rings is 1. The van der Waals surface area contributed by atoms with Crippen LogP contribution in [0.4, 0.5) is 10.5 Å². The van der Waals surface area contributed by atoms with E-state index < -0.39 is 0 Å². The summed E-state index contributed by atoms with van der Waals surface area (Å²) >= 11 is 0. The van der Waals surface area contributed by atoms with Crippen LogP contribution in [0.1, 0.15) is 44.1 Å². The molecule has 0 unspecified atom stereocenters. The van der Waals surface area contributed by atoms with Crippen molar-refractivity contribution in [3.8, 4) is 0 Å². The molecule has 3 heterocycles. The zero-order valence-electron chi connectivity index (χ0n) is 20.7. The van der Waals surface area contributed by atoms with Crippen LogP contribution < -0.4 is 16.0 Å². The molecule has 2 saturated heterocycles. The van der Waals surface area contributed by atoms with Gasteiger partial charge in [-0.15, -0.1) is 0 Å². The minimum atomic E-state index is -0.322. The number of benzene rings is 2. The molecule has 2 fully saturated rings. The van der Waals surface area contributed by atoms with Gasteiger partial charge in [0.05, 0.1) is 5.52 Å². The third-order valence-corrected chi connectivity index (χ3v) is 8.09. The molecule has 7 nitrogen and oxygen atoms in total.